The molecular formula is C15H19Cl2NO2. The first-order chi connectivity index (χ1) is 9.61. The summed E-state index contributed by atoms with van der Waals surface area (Å²) in [6.45, 7) is 2.17. The molecule has 1 aliphatic rings. The van der Waals surface area contributed by atoms with Crippen molar-refractivity contribution in [3.63, 3.8) is 0 Å². The Balaban J connectivity index is 2.19. The summed E-state index contributed by atoms with van der Waals surface area (Å²) in [6, 6.07) is 5.14. The third-order valence-corrected chi connectivity index (χ3v) is 4.30. The molecule has 3 nitrogen and oxygen atoms in total. The maximum Gasteiger partial charge on any atom is 0.327 e. The molecule has 2 rings (SSSR count). The van der Waals surface area contributed by atoms with Gasteiger partial charge in [-0.3, -0.25) is 5.32 Å². The van der Waals surface area contributed by atoms with E-state index in [0.29, 0.717) is 22.7 Å². The van der Waals surface area contributed by atoms with E-state index in [1.807, 2.05) is 6.07 Å². The SMILES string of the molecule is CCOC(=O)C(NC1CCCC1)c1ccc(Cl)c(Cl)c1. The van der Waals surface area contributed by atoms with Crippen LogP contribution in [-0.2, 0) is 9.53 Å². The van der Waals surface area contributed by atoms with E-state index in [0.717, 1.165) is 18.4 Å². The van der Waals surface area contributed by atoms with Crippen LogP contribution in [0.3, 0.4) is 0 Å². The minimum Gasteiger partial charge on any atom is -0.465 e. The molecule has 0 aliphatic heterocycles. The van der Waals surface area contributed by atoms with E-state index < -0.39 is 6.04 Å². The van der Waals surface area contributed by atoms with Gasteiger partial charge in [0.25, 0.3) is 0 Å². The number of nitrogens with one attached hydrogen (secondary N) is 1. The molecule has 1 N–H and O–H groups in total. The average molecular weight is 316 g/mol. The summed E-state index contributed by atoms with van der Waals surface area (Å²) in [5.41, 5.74) is 0.796. The average Bonchev–Trinajstić information content (AvgIpc) is 2.92. The molecule has 0 saturated heterocycles. The van der Waals surface area contributed by atoms with Crippen LogP contribution in [0.4, 0.5) is 0 Å². The van der Waals surface area contributed by atoms with Crippen molar-refractivity contribution in [2.75, 3.05) is 6.61 Å². The lowest BCUT2D eigenvalue weighted by Crippen LogP contribution is -2.36. The highest BCUT2D eigenvalue weighted by Crippen LogP contribution is 2.28. The Morgan fingerprint density at radius 2 is 2.05 bits per heavy atom. The van der Waals surface area contributed by atoms with Crippen LogP contribution in [-0.4, -0.2) is 18.6 Å². The molecule has 0 aromatic heterocycles. The third-order valence-electron chi connectivity index (χ3n) is 3.56. The predicted molar refractivity (Wildman–Crippen MR) is 81.2 cm³/mol. The largest absolute Gasteiger partial charge is 0.465 e. The molecule has 5 heteroatoms. The van der Waals surface area contributed by atoms with Gasteiger partial charge in [0.05, 0.1) is 16.7 Å². The molecule has 0 heterocycles. The molecule has 1 aromatic rings. The summed E-state index contributed by atoms with van der Waals surface area (Å²) in [4.78, 5) is 12.2. The fourth-order valence-corrected chi connectivity index (χ4v) is 2.85. The van der Waals surface area contributed by atoms with Gasteiger partial charge in [-0.05, 0) is 37.5 Å². The van der Waals surface area contributed by atoms with Crippen molar-refractivity contribution in [2.45, 2.75) is 44.7 Å². The highest BCUT2D eigenvalue weighted by molar-refractivity contribution is 6.42. The van der Waals surface area contributed by atoms with E-state index in [2.05, 4.69) is 5.32 Å². The first-order valence-electron chi connectivity index (χ1n) is 6.99. The number of benzene rings is 1. The number of ether oxygens (including phenoxy) is 1. The maximum atomic E-state index is 12.2. The van der Waals surface area contributed by atoms with Crippen LogP contribution in [0.25, 0.3) is 0 Å². The van der Waals surface area contributed by atoms with Gasteiger partial charge in [0, 0.05) is 6.04 Å². The molecule has 0 spiro atoms. The Hall–Kier alpha value is -0.770. The Labute approximate surface area is 129 Å². The van der Waals surface area contributed by atoms with Crippen LogP contribution in [0.2, 0.25) is 10.0 Å². The highest BCUT2D eigenvalue weighted by Gasteiger charge is 2.27. The summed E-state index contributed by atoms with van der Waals surface area (Å²) in [6.07, 6.45) is 4.59. The van der Waals surface area contributed by atoms with E-state index in [1.165, 1.54) is 12.8 Å². The number of carbonyl (C=O) groups is 1. The zero-order valence-corrected chi connectivity index (χ0v) is 13.0. The van der Waals surface area contributed by atoms with Gasteiger partial charge in [-0.1, -0.05) is 42.1 Å². The van der Waals surface area contributed by atoms with Gasteiger partial charge in [0.2, 0.25) is 0 Å². The molecule has 0 radical (unpaired) electrons. The van der Waals surface area contributed by atoms with Gasteiger partial charge in [-0.25, -0.2) is 4.79 Å². The minimum atomic E-state index is -0.479. The van der Waals surface area contributed by atoms with Crippen molar-refractivity contribution in [3.05, 3.63) is 33.8 Å². The Bertz CT molecular complexity index is 473. The van der Waals surface area contributed by atoms with Crippen LogP contribution < -0.4 is 5.32 Å². The number of carbonyl (C=O) groups excluding carboxylic acids is 1. The number of hydrogen-bond donors (Lipinski definition) is 1. The first kappa shape index (κ1) is 15.6. The second kappa shape index (κ2) is 7.30. The third kappa shape index (κ3) is 3.87. The monoisotopic (exact) mass is 315 g/mol. The standard InChI is InChI=1S/C15H19Cl2NO2/c1-2-20-15(19)14(18-11-5-3-4-6-11)10-7-8-12(16)13(17)9-10/h7-9,11,14,18H,2-6H2,1H3. The lowest BCUT2D eigenvalue weighted by atomic mass is 10.1. The van der Waals surface area contributed by atoms with Crippen molar-refractivity contribution in [1.82, 2.24) is 5.32 Å². The molecule has 1 fully saturated rings. The zero-order chi connectivity index (χ0) is 14.5. The van der Waals surface area contributed by atoms with Crippen LogP contribution in [0.5, 0.6) is 0 Å². The summed E-state index contributed by atoms with van der Waals surface area (Å²) in [5, 5.41) is 4.32. The Kier molecular flexibility index (Phi) is 5.70. The Morgan fingerprint density at radius 3 is 2.65 bits per heavy atom. The van der Waals surface area contributed by atoms with Crippen molar-refractivity contribution in [3.8, 4) is 0 Å². The molecule has 1 unspecified atom stereocenters. The molecule has 1 aromatic carbocycles. The van der Waals surface area contributed by atoms with Gasteiger partial charge in [-0.2, -0.15) is 0 Å². The van der Waals surface area contributed by atoms with Gasteiger partial charge < -0.3 is 4.74 Å². The summed E-state index contributed by atoms with van der Waals surface area (Å²) < 4.78 is 5.16. The van der Waals surface area contributed by atoms with Crippen molar-refractivity contribution in [2.24, 2.45) is 0 Å². The topological polar surface area (TPSA) is 38.3 Å². The van der Waals surface area contributed by atoms with Crippen molar-refractivity contribution < 1.29 is 9.53 Å². The zero-order valence-electron chi connectivity index (χ0n) is 11.5. The van der Waals surface area contributed by atoms with Gasteiger partial charge in [-0.15, -0.1) is 0 Å². The molecule has 1 aliphatic carbocycles. The quantitative estimate of drug-likeness (QED) is 0.830. The van der Waals surface area contributed by atoms with E-state index in [1.54, 1.807) is 19.1 Å². The molecule has 110 valence electrons. The molecular weight excluding hydrogens is 297 g/mol. The Morgan fingerprint density at radius 1 is 1.35 bits per heavy atom. The predicted octanol–water partition coefficient (Wildman–Crippen LogP) is 4.13. The molecule has 20 heavy (non-hydrogen) atoms. The summed E-state index contributed by atoms with van der Waals surface area (Å²) in [7, 11) is 0. The number of esters is 1. The normalized spacial score (nSPS) is 17.1. The van der Waals surface area contributed by atoms with Gasteiger partial charge in [0.15, 0.2) is 0 Å². The minimum absolute atomic E-state index is 0.266. The number of halogens is 2. The molecule has 1 saturated carbocycles. The van der Waals surface area contributed by atoms with E-state index in [4.69, 9.17) is 27.9 Å². The van der Waals surface area contributed by atoms with Crippen LogP contribution in [0.1, 0.15) is 44.2 Å². The van der Waals surface area contributed by atoms with Gasteiger partial charge in [0.1, 0.15) is 6.04 Å². The number of rotatable bonds is 5. The smallest absolute Gasteiger partial charge is 0.327 e. The van der Waals surface area contributed by atoms with Crippen LogP contribution in [0, 0.1) is 0 Å². The highest BCUT2D eigenvalue weighted by atomic mass is 35.5. The van der Waals surface area contributed by atoms with Crippen molar-refractivity contribution in [1.29, 1.82) is 0 Å². The second-order valence-electron chi connectivity index (χ2n) is 5.01. The summed E-state index contributed by atoms with van der Waals surface area (Å²) >= 11 is 12.0. The first-order valence-corrected chi connectivity index (χ1v) is 7.75. The fraction of sp³-hybridized carbons (Fsp3) is 0.533. The maximum absolute atomic E-state index is 12.2. The second-order valence-corrected chi connectivity index (χ2v) is 5.82. The number of hydrogen-bond acceptors (Lipinski definition) is 3. The molecule has 1 atom stereocenters. The lowest BCUT2D eigenvalue weighted by Gasteiger charge is -2.22. The van der Waals surface area contributed by atoms with Crippen LogP contribution >= 0.6 is 23.2 Å². The van der Waals surface area contributed by atoms with E-state index in [9.17, 15) is 4.79 Å². The van der Waals surface area contributed by atoms with Gasteiger partial charge >= 0.3 is 5.97 Å². The van der Waals surface area contributed by atoms with Crippen LogP contribution in [0.15, 0.2) is 18.2 Å². The fourth-order valence-electron chi connectivity index (χ4n) is 2.55. The molecule has 0 amide bonds. The summed E-state index contributed by atoms with van der Waals surface area (Å²) in [5.74, 6) is -0.266. The van der Waals surface area contributed by atoms with E-state index >= 15 is 0 Å². The molecule has 0 bridgehead atoms. The van der Waals surface area contributed by atoms with E-state index in [-0.39, 0.29) is 5.97 Å². The lowest BCUT2D eigenvalue weighted by molar-refractivity contribution is -0.146. The van der Waals surface area contributed by atoms with Crippen molar-refractivity contribution >= 4 is 29.2 Å².